The van der Waals surface area contributed by atoms with Crippen molar-refractivity contribution in [3.8, 4) is 0 Å². The molecular formula is C15H16O4. The highest BCUT2D eigenvalue weighted by Crippen LogP contribution is 2.57. The Balaban J connectivity index is 1.85. The van der Waals surface area contributed by atoms with Crippen LogP contribution in [0.2, 0.25) is 0 Å². The molecule has 19 heavy (non-hydrogen) atoms. The highest BCUT2D eigenvalue weighted by atomic mass is 16.7. The molecular weight excluding hydrogens is 244 g/mol. The zero-order chi connectivity index (χ0) is 13.2. The zero-order valence-electron chi connectivity index (χ0n) is 11.1. The molecule has 0 spiro atoms. The standard InChI is InChI=1S/C15H16O4/c1-8-4-3-5-15-13(19-15)12(18-14(15)16)11-9(2)7-17-10(11)6-8/h4,7,12-13H,3,5-6H2,1-2H3/b8-4+/t12-,13+,15-/m0/s1. The Morgan fingerprint density at radius 1 is 1.37 bits per heavy atom. The van der Waals surface area contributed by atoms with Gasteiger partial charge in [-0.1, -0.05) is 11.6 Å². The number of furan rings is 1. The van der Waals surface area contributed by atoms with E-state index in [0.717, 1.165) is 36.1 Å². The number of ether oxygens (including phenoxy) is 2. The molecule has 1 aromatic heterocycles. The Bertz CT molecular complexity index is 597. The van der Waals surface area contributed by atoms with Crippen molar-refractivity contribution in [1.29, 1.82) is 0 Å². The van der Waals surface area contributed by atoms with Crippen molar-refractivity contribution in [2.75, 3.05) is 0 Å². The highest BCUT2D eigenvalue weighted by molar-refractivity contribution is 5.87. The van der Waals surface area contributed by atoms with Crippen LogP contribution in [-0.4, -0.2) is 17.7 Å². The number of esters is 1. The van der Waals surface area contributed by atoms with Crippen LogP contribution in [0.25, 0.3) is 0 Å². The fourth-order valence-electron chi connectivity index (χ4n) is 3.34. The van der Waals surface area contributed by atoms with Crippen LogP contribution in [0.15, 0.2) is 22.3 Å². The Labute approximate surface area is 111 Å². The molecule has 1 aliphatic carbocycles. The first-order valence-electron chi connectivity index (χ1n) is 6.73. The van der Waals surface area contributed by atoms with E-state index in [9.17, 15) is 4.79 Å². The zero-order valence-corrected chi connectivity index (χ0v) is 11.1. The van der Waals surface area contributed by atoms with Gasteiger partial charge >= 0.3 is 5.97 Å². The molecule has 2 saturated heterocycles. The average Bonchev–Trinajstić information content (AvgIpc) is 2.91. The summed E-state index contributed by atoms with van der Waals surface area (Å²) in [7, 11) is 0. The van der Waals surface area contributed by atoms with Crippen molar-refractivity contribution in [3.05, 3.63) is 34.8 Å². The van der Waals surface area contributed by atoms with Crippen LogP contribution in [0, 0.1) is 6.92 Å². The number of carbonyl (C=O) groups is 1. The van der Waals surface area contributed by atoms with E-state index in [-0.39, 0.29) is 18.2 Å². The number of aryl methyl sites for hydroxylation is 1. The third kappa shape index (κ3) is 1.40. The normalized spacial score (nSPS) is 38.8. The minimum absolute atomic E-state index is 0.123. The maximum atomic E-state index is 12.1. The molecule has 0 aromatic carbocycles. The van der Waals surface area contributed by atoms with Gasteiger partial charge < -0.3 is 13.9 Å². The molecule has 2 fully saturated rings. The number of carbonyl (C=O) groups excluding carboxylic acids is 1. The first kappa shape index (κ1) is 11.3. The van der Waals surface area contributed by atoms with Crippen molar-refractivity contribution in [3.63, 3.8) is 0 Å². The summed E-state index contributed by atoms with van der Waals surface area (Å²) in [5.41, 5.74) is 2.62. The van der Waals surface area contributed by atoms with Crippen LogP contribution < -0.4 is 0 Å². The smallest absolute Gasteiger partial charge is 0.342 e. The Morgan fingerprint density at radius 3 is 3.00 bits per heavy atom. The van der Waals surface area contributed by atoms with E-state index in [2.05, 4.69) is 13.0 Å². The molecule has 0 saturated carbocycles. The fourth-order valence-corrected chi connectivity index (χ4v) is 3.34. The first-order valence-corrected chi connectivity index (χ1v) is 6.73. The molecule has 2 aliphatic heterocycles. The lowest BCUT2D eigenvalue weighted by Crippen LogP contribution is -2.22. The maximum Gasteiger partial charge on any atom is 0.342 e. The summed E-state index contributed by atoms with van der Waals surface area (Å²) in [5, 5.41) is 0. The minimum atomic E-state index is -0.681. The summed E-state index contributed by atoms with van der Waals surface area (Å²) in [6.07, 6.45) is 5.84. The number of hydrogen-bond acceptors (Lipinski definition) is 4. The summed E-state index contributed by atoms with van der Waals surface area (Å²) in [4.78, 5) is 12.1. The monoisotopic (exact) mass is 260 g/mol. The van der Waals surface area contributed by atoms with Crippen LogP contribution in [0.5, 0.6) is 0 Å². The van der Waals surface area contributed by atoms with Gasteiger partial charge in [0, 0.05) is 12.0 Å². The molecule has 3 aliphatic rings. The van der Waals surface area contributed by atoms with Gasteiger partial charge in [-0.15, -0.1) is 0 Å². The van der Waals surface area contributed by atoms with Crippen LogP contribution >= 0.6 is 0 Å². The maximum absolute atomic E-state index is 12.1. The summed E-state index contributed by atoms with van der Waals surface area (Å²) in [5.74, 6) is 0.694. The molecule has 0 unspecified atom stereocenters. The Hall–Kier alpha value is -1.55. The lowest BCUT2D eigenvalue weighted by atomic mass is 9.91. The molecule has 4 heteroatoms. The summed E-state index contributed by atoms with van der Waals surface area (Å²) in [6.45, 7) is 4.08. The number of epoxide rings is 1. The second kappa shape index (κ2) is 3.51. The van der Waals surface area contributed by atoms with Crippen molar-refractivity contribution >= 4 is 5.97 Å². The predicted molar refractivity (Wildman–Crippen MR) is 66.6 cm³/mol. The van der Waals surface area contributed by atoms with Gasteiger partial charge in [0.2, 0.25) is 0 Å². The quantitative estimate of drug-likeness (QED) is 0.409. The molecule has 4 rings (SSSR count). The van der Waals surface area contributed by atoms with E-state index in [1.807, 2.05) is 6.92 Å². The van der Waals surface area contributed by atoms with Gasteiger partial charge in [-0.05, 0) is 32.3 Å². The molecule has 0 N–H and O–H groups in total. The van der Waals surface area contributed by atoms with Crippen LogP contribution in [0.3, 0.4) is 0 Å². The van der Waals surface area contributed by atoms with Crippen molar-refractivity contribution < 1.29 is 18.7 Å². The number of fused-ring (bicyclic) bond motifs is 2. The van der Waals surface area contributed by atoms with Gasteiger partial charge in [0.25, 0.3) is 0 Å². The van der Waals surface area contributed by atoms with Crippen molar-refractivity contribution in [2.24, 2.45) is 0 Å². The van der Waals surface area contributed by atoms with E-state index in [0.29, 0.717) is 0 Å². The van der Waals surface area contributed by atoms with Gasteiger partial charge in [0.05, 0.1) is 6.26 Å². The van der Waals surface area contributed by atoms with Crippen molar-refractivity contribution in [1.82, 2.24) is 0 Å². The third-order valence-corrected chi connectivity index (χ3v) is 4.43. The predicted octanol–water partition coefficient (Wildman–Crippen LogP) is 2.61. The molecule has 2 bridgehead atoms. The lowest BCUT2D eigenvalue weighted by molar-refractivity contribution is -0.154. The minimum Gasteiger partial charge on any atom is -0.468 e. The second-order valence-corrected chi connectivity index (χ2v) is 5.78. The van der Waals surface area contributed by atoms with Gasteiger partial charge in [-0.3, -0.25) is 0 Å². The fraction of sp³-hybridized carbons (Fsp3) is 0.533. The van der Waals surface area contributed by atoms with Crippen LogP contribution in [0.1, 0.15) is 42.8 Å². The SMILES string of the molecule is C/C1=C\CC[C@]23O[C@@H]2[C@@H](OC3=O)c2c(C)coc2C1. The number of hydrogen-bond donors (Lipinski definition) is 0. The van der Waals surface area contributed by atoms with Crippen LogP contribution in [-0.2, 0) is 20.7 Å². The van der Waals surface area contributed by atoms with E-state index >= 15 is 0 Å². The summed E-state index contributed by atoms with van der Waals surface area (Å²) >= 11 is 0. The van der Waals surface area contributed by atoms with Gasteiger partial charge in [0.15, 0.2) is 11.7 Å². The van der Waals surface area contributed by atoms with Gasteiger partial charge in [0.1, 0.15) is 11.9 Å². The Kier molecular flexibility index (Phi) is 2.09. The van der Waals surface area contributed by atoms with Crippen LogP contribution in [0.4, 0.5) is 0 Å². The van der Waals surface area contributed by atoms with Crippen molar-refractivity contribution in [2.45, 2.75) is 50.9 Å². The second-order valence-electron chi connectivity index (χ2n) is 5.78. The van der Waals surface area contributed by atoms with E-state index in [4.69, 9.17) is 13.9 Å². The first-order chi connectivity index (χ1) is 9.12. The van der Waals surface area contributed by atoms with E-state index in [1.165, 1.54) is 5.57 Å². The highest BCUT2D eigenvalue weighted by Gasteiger charge is 2.73. The number of rotatable bonds is 0. The molecule has 0 amide bonds. The number of allylic oxidation sites excluding steroid dienone is 2. The van der Waals surface area contributed by atoms with Gasteiger partial charge in [-0.2, -0.15) is 0 Å². The molecule has 3 atom stereocenters. The average molecular weight is 260 g/mol. The van der Waals surface area contributed by atoms with E-state index in [1.54, 1.807) is 6.26 Å². The lowest BCUT2D eigenvalue weighted by Gasteiger charge is -2.13. The molecule has 1 aromatic rings. The molecule has 0 radical (unpaired) electrons. The molecule has 100 valence electrons. The summed E-state index contributed by atoms with van der Waals surface area (Å²) in [6, 6.07) is 0. The molecule has 4 nitrogen and oxygen atoms in total. The third-order valence-electron chi connectivity index (χ3n) is 4.43. The summed E-state index contributed by atoms with van der Waals surface area (Å²) < 4.78 is 16.9. The Morgan fingerprint density at radius 2 is 2.21 bits per heavy atom. The molecule has 3 heterocycles. The topological polar surface area (TPSA) is 52.0 Å². The van der Waals surface area contributed by atoms with E-state index < -0.39 is 5.60 Å². The van der Waals surface area contributed by atoms with Gasteiger partial charge in [-0.25, -0.2) is 4.79 Å². The largest absolute Gasteiger partial charge is 0.468 e.